The van der Waals surface area contributed by atoms with E-state index in [0.29, 0.717) is 25.3 Å². The van der Waals surface area contributed by atoms with Crippen molar-refractivity contribution in [3.63, 3.8) is 0 Å². The van der Waals surface area contributed by atoms with Crippen LogP contribution in [0.25, 0.3) is 0 Å². The molecule has 0 radical (unpaired) electrons. The van der Waals surface area contributed by atoms with Crippen molar-refractivity contribution in [3.05, 3.63) is 64.8 Å². The van der Waals surface area contributed by atoms with Crippen molar-refractivity contribution >= 4 is 41.0 Å². The average molecular weight is 519 g/mol. The number of aromatic nitrogens is 2. The second kappa shape index (κ2) is 14.7. The summed E-state index contributed by atoms with van der Waals surface area (Å²) in [7, 11) is 1.99. The van der Waals surface area contributed by atoms with E-state index in [1.807, 2.05) is 24.0 Å². The summed E-state index contributed by atoms with van der Waals surface area (Å²) < 4.78 is 6.81. The van der Waals surface area contributed by atoms with Crippen molar-refractivity contribution in [2.75, 3.05) is 31.1 Å². The molecule has 0 bridgehead atoms. The van der Waals surface area contributed by atoms with Crippen molar-refractivity contribution in [1.29, 1.82) is 0 Å². The number of rotatable bonds is 10. The van der Waals surface area contributed by atoms with Gasteiger partial charge in [0.25, 0.3) is 0 Å². The largest absolute Gasteiger partial charge is 0.478 e. The number of benzene rings is 1. The molecule has 0 saturated heterocycles. The summed E-state index contributed by atoms with van der Waals surface area (Å²) in [5.74, 6) is -1.67. The molecule has 3 rings (SSSR count). The van der Waals surface area contributed by atoms with E-state index in [9.17, 15) is 14.4 Å². The Morgan fingerprint density at radius 3 is 2.50 bits per heavy atom. The second-order valence-electron chi connectivity index (χ2n) is 7.76. The molecule has 1 aromatic heterocycles. The Morgan fingerprint density at radius 1 is 1.14 bits per heavy atom. The highest BCUT2D eigenvalue weighted by Gasteiger charge is 2.23. The molecule has 3 N–H and O–H groups in total. The number of ether oxygens (including phenoxy) is 1. The minimum Gasteiger partial charge on any atom is -0.478 e. The van der Waals surface area contributed by atoms with Gasteiger partial charge < -0.3 is 25.2 Å². The zero-order chi connectivity index (χ0) is 26.5. The molecule has 2 heterocycles. The Bertz CT molecular complexity index is 1100. The van der Waals surface area contributed by atoms with Crippen LogP contribution in [0.4, 0.5) is 11.5 Å². The zero-order valence-electron chi connectivity index (χ0n) is 20.3. The number of hydrogen-bond acceptors (Lipinski definition) is 7. The van der Waals surface area contributed by atoms with Crippen molar-refractivity contribution in [1.82, 2.24) is 15.1 Å². The molecule has 0 saturated carbocycles. The lowest BCUT2D eigenvalue weighted by Gasteiger charge is -2.26. The second-order valence-corrected chi connectivity index (χ2v) is 8.20. The smallest absolute Gasteiger partial charge is 0.330 e. The molecule has 11 heteroatoms. The van der Waals surface area contributed by atoms with Crippen LogP contribution in [0.1, 0.15) is 24.5 Å². The third kappa shape index (κ3) is 9.20. The van der Waals surface area contributed by atoms with Gasteiger partial charge in [0.05, 0.1) is 12.8 Å². The molecule has 2 aromatic rings. The van der Waals surface area contributed by atoms with Crippen LogP contribution in [0.15, 0.2) is 48.7 Å². The number of esters is 1. The van der Waals surface area contributed by atoms with Crippen LogP contribution < -0.4 is 10.2 Å². The Morgan fingerprint density at radius 2 is 1.83 bits per heavy atom. The lowest BCUT2D eigenvalue weighted by molar-refractivity contribution is -0.137. The third-order valence-electron chi connectivity index (χ3n) is 5.14. The number of aryl methyl sites for hydroxylation is 3. The molecule has 0 unspecified atom stereocenters. The van der Waals surface area contributed by atoms with Crippen LogP contribution in [0, 0.1) is 0 Å². The van der Waals surface area contributed by atoms with Gasteiger partial charge in [-0.2, -0.15) is 5.10 Å². The molecule has 1 aliphatic rings. The normalized spacial score (nSPS) is 12.5. The quantitative estimate of drug-likeness (QED) is 0.246. The number of halogens is 1. The molecule has 36 heavy (non-hydrogen) atoms. The summed E-state index contributed by atoms with van der Waals surface area (Å²) in [6.45, 7) is 4.53. The van der Waals surface area contributed by atoms with Crippen LogP contribution in [0.2, 0.25) is 5.02 Å². The van der Waals surface area contributed by atoms with E-state index in [2.05, 4.69) is 27.4 Å². The Labute approximate surface area is 214 Å². The van der Waals surface area contributed by atoms with Crippen LogP contribution in [0.3, 0.4) is 0 Å². The van der Waals surface area contributed by atoms with Crippen LogP contribution in [0.5, 0.6) is 0 Å². The van der Waals surface area contributed by atoms with Gasteiger partial charge in [-0.15, -0.1) is 0 Å². The predicted octanol–water partition coefficient (Wildman–Crippen LogP) is 3.12. The fourth-order valence-corrected chi connectivity index (χ4v) is 3.81. The Kier molecular flexibility index (Phi) is 11.7. The highest BCUT2D eigenvalue weighted by Crippen LogP contribution is 2.37. The van der Waals surface area contributed by atoms with Crippen molar-refractivity contribution in [2.45, 2.75) is 26.2 Å². The zero-order valence-corrected chi connectivity index (χ0v) is 21.1. The molecular formula is C25H31ClN4O6. The average Bonchev–Trinajstić information content (AvgIpc) is 3.11. The van der Waals surface area contributed by atoms with Crippen molar-refractivity contribution in [3.8, 4) is 0 Å². The fourth-order valence-electron chi connectivity index (χ4n) is 3.65. The highest BCUT2D eigenvalue weighted by atomic mass is 35.5. The molecular weight excluding hydrogens is 488 g/mol. The fraction of sp³-hybridized carbons (Fsp3) is 0.360. The first-order valence-corrected chi connectivity index (χ1v) is 11.9. The highest BCUT2D eigenvalue weighted by molar-refractivity contribution is 6.30. The summed E-state index contributed by atoms with van der Waals surface area (Å²) in [6.07, 6.45) is 9.25. The maximum absolute atomic E-state index is 11.3. The molecule has 0 fully saturated rings. The monoisotopic (exact) mass is 518 g/mol. The first kappa shape index (κ1) is 28.6. The van der Waals surface area contributed by atoms with E-state index < -0.39 is 11.9 Å². The molecule has 194 valence electrons. The molecule has 1 aromatic carbocycles. The molecule has 0 aliphatic carbocycles. The van der Waals surface area contributed by atoms with Gasteiger partial charge in [0.15, 0.2) is 0 Å². The molecule has 1 aliphatic heterocycles. The molecule has 0 amide bonds. The third-order valence-corrected chi connectivity index (χ3v) is 5.38. The number of fused-ring (bicyclic) bond motifs is 2. The van der Waals surface area contributed by atoms with E-state index in [-0.39, 0.29) is 5.97 Å². The lowest BCUT2D eigenvalue weighted by Crippen LogP contribution is -2.26. The number of carbonyl (C=O) groups excluding carboxylic acids is 1. The lowest BCUT2D eigenvalue weighted by atomic mass is 10.1. The van der Waals surface area contributed by atoms with E-state index in [0.717, 1.165) is 48.9 Å². The van der Waals surface area contributed by atoms with Gasteiger partial charge in [-0.3, -0.25) is 4.68 Å². The van der Waals surface area contributed by atoms with Gasteiger partial charge >= 0.3 is 17.9 Å². The SMILES string of the molecule is CCOC(=O)/C=C/CNCCCN1c2cc(Cl)ccc2CCc2cnn(C)c21.O=C(O)/C=C\C(=O)O. The maximum Gasteiger partial charge on any atom is 0.330 e. The Hall–Kier alpha value is -3.63. The predicted molar refractivity (Wildman–Crippen MR) is 137 cm³/mol. The number of nitrogens with zero attached hydrogens (tertiary/aromatic N) is 3. The first-order valence-electron chi connectivity index (χ1n) is 11.5. The van der Waals surface area contributed by atoms with Crippen LogP contribution in [-0.2, 0) is 39.0 Å². The number of hydrogen-bond donors (Lipinski definition) is 3. The minimum atomic E-state index is -1.26. The maximum atomic E-state index is 11.3. The number of aliphatic carboxylic acids is 2. The number of carboxylic acid groups (broad SMARTS) is 2. The van der Waals surface area contributed by atoms with Crippen LogP contribution in [-0.4, -0.2) is 64.1 Å². The molecule has 0 atom stereocenters. The van der Waals surface area contributed by atoms with Gasteiger partial charge in [0, 0.05) is 54.6 Å². The van der Waals surface area contributed by atoms with E-state index >= 15 is 0 Å². The summed E-state index contributed by atoms with van der Waals surface area (Å²) >= 11 is 6.30. The van der Waals surface area contributed by atoms with Gasteiger partial charge in [-0.25, -0.2) is 14.4 Å². The van der Waals surface area contributed by atoms with Gasteiger partial charge in [0.1, 0.15) is 5.82 Å². The van der Waals surface area contributed by atoms with Gasteiger partial charge in [-0.1, -0.05) is 23.7 Å². The number of carbonyl (C=O) groups is 3. The van der Waals surface area contributed by atoms with E-state index in [1.54, 1.807) is 13.0 Å². The van der Waals surface area contributed by atoms with E-state index in [4.69, 9.17) is 26.6 Å². The summed E-state index contributed by atoms with van der Waals surface area (Å²) in [5, 5.41) is 24.2. The summed E-state index contributed by atoms with van der Waals surface area (Å²) in [4.78, 5) is 32.7. The topological polar surface area (TPSA) is 134 Å². The molecule has 10 nitrogen and oxygen atoms in total. The number of nitrogens with one attached hydrogen (secondary N) is 1. The minimum absolute atomic E-state index is 0.300. The van der Waals surface area contributed by atoms with Crippen molar-refractivity contribution in [2.24, 2.45) is 7.05 Å². The number of anilines is 2. The first-order chi connectivity index (χ1) is 17.2. The molecule has 0 spiro atoms. The summed E-state index contributed by atoms with van der Waals surface area (Å²) in [6, 6.07) is 6.14. The van der Waals surface area contributed by atoms with Gasteiger partial charge in [0.2, 0.25) is 0 Å². The standard InChI is InChI=1S/C21H27ClN4O2.C4H4O4/c1-3-28-20(27)6-4-11-23-12-5-13-26-19-14-18(22)10-9-16(19)7-8-17-15-24-25(2)21(17)26;5-3(6)1-2-4(7)8/h4,6,9-10,14-15,23H,3,5,7-8,11-13H2,1-2H3;1-2H,(H,5,6)(H,7,8)/b6-4+;2-1-. The summed E-state index contributed by atoms with van der Waals surface area (Å²) in [5.41, 5.74) is 3.74. The van der Waals surface area contributed by atoms with Crippen LogP contribution >= 0.6 is 11.6 Å². The number of carboxylic acids is 2. The Balaban J connectivity index is 0.000000493. The van der Waals surface area contributed by atoms with Gasteiger partial charge in [-0.05, 0) is 50.4 Å². The van der Waals surface area contributed by atoms with Crippen molar-refractivity contribution < 1.29 is 29.3 Å². The van der Waals surface area contributed by atoms with E-state index in [1.165, 1.54) is 17.2 Å².